The van der Waals surface area contributed by atoms with Gasteiger partial charge in [0.1, 0.15) is 6.10 Å². The lowest BCUT2D eigenvalue weighted by atomic mass is 9.84. The van der Waals surface area contributed by atoms with Crippen LogP contribution in [0.3, 0.4) is 0 Å². The van der Waals surface area contributed by atoms with Gasteiger partial charge < -0.3 is 15.0 Å². The molecular formula is C16H20N2O2S. The predicted octanol–water partition coefficient (Wildman–Crippen LogP) is 2.71. The molecule has 1 N–H and O–H groups in total. The minimum Gasteiger partial charge on any atom is -0.464 e. The summed E-state index contributed by atoms with van der Waals surface area (Å²) in [5.41, 5.74) is 1.07. The Morgan fingerprint density at radius 2 is 2.14 bits per heavy atom. The van der Waals surface area contributed by atoms with Gasteiger partial charge in [-0.2, -0.15) is 0 Å². The summed E-state index contributed by atoms with van der Waals surface area (Å²) < 4.78 is 5.79. The van der Waals surface area contributed by atoms with Gasteiger partial charge >= 0.3 is 0 Å². The topological polar surface area (TPSA) is 41.6 Å². The van der Waals surface area contributed by atoms with E-state index in [0.717, 1.165) is 36.9 Å². The zero-order valence-electron chi connectivity index (χ0n) is 12.4. The second-order valence-corrected chi connectivity index (χ2v) is 6.07. The van der Waals surface area contributed by atoms with Gasteiger partial charge in [-0.3, -0.25) is 4.79 Å². The first-order chi connectivity index (χ1) is 10.1. The molecule has 1 amide bonds. The number of ether oxygens (including phenoxy) is 1. The number of thiocarbonyl (C=S) groups is 1. The summed E-state index contributed by atoms with van der Waals surface area (Å²) >= 11 is 5.20. The first kappa shape index (κ1) is 14.3. The van der Waals surface area contributed by atoms with Crippen LogP contribution in [0.4, 0.5) is 5.69 Å². The molecule has 2 heterocycles. The maximum absolute atomic E-state index is 12.9. The first-order valence-electron chi connectivity index (χ1n) is 7.47. The van der Waals surface area contributed by atoms with E-state index in [1.54, 1.807) is 4.90 Å². The largest absolute Gasteiger partial charge is 0.464 e. The highest BCUT2D eigenvalue weighted by molar-refractivity contribution is 7.80. The zero-order valence-corrected chi connectivity index (χ0v) is 13.2. The van der Waals surface area contributed by atoms with E-state index in [1.807, 2.05) is 31.3 Å². The number of nitrogens with zero attached hydrogens (tertiary/aromatic N) is 1. The second kappa shape index (κ2) is 5.30. The Morgan fingerprint density at radius 3 is 2.90 bits per heavy atom. The third-order valence-electron chi connectivity index (χ3n) is 4.43. The molecular weight excluding hydrogens is 284 g/mol. The van der Waals surface area contributed by atoms with Crippen LogP contribution in [0.25, 0.3) is 0 Å². The highest BCUT2D eigenvalue weighted by Gasteiger charge is 2.60. The molecule has 0 aliphatic carbocycles. The van der Waals surface area contributed by atoms with E-state index in [4.69, 9.17) is 17.0 Å². The molecule has 4 nitrogen and oxygen atoms in total. The Hall–Kier alpha value is -1.62. The highest BCUT2D eigenvalue weighted by Crippen LogP contribution is 2.46. The van der Waals surface area contributed by atoms with Crippen LogP contribution in [0.15, 0.2) is 24.3 Å². The summed E-state index contributed by atoms with van der Waals surface area (Å²) in [5, 5.41) is 3.49. The maximum atomic E-state index is 12.9. The van der Waals surface area contributed by atoms with Crippen molar-refractivity contribution in [3.63, 3.8) is 0 Å². The van der Waals surface area contributed by atoms with Crippen LogP contribution in [0.2, 0.25) is 0 Å². The van der Waals surface area contributed by atoms with Crippen molar-refractivity contribution in [2.75, 3.05) is 11.9 Å². The Bertz CT molecular complexity index is 589. The molecule has 0 saturated carbocycles. The van der Waals surface area contributed by atoms with Gasteiger partial charge in [0.15, 0.2) is 5.54 Å². The van der Waals surface area contributed by atoms with Crippen LogP contribution in [0.5, 0.6) is 0 Å². The fourth-order valence-corrected chi connectivity index (χ4v) is 3.64. The Balaban J connectivity index is 2.01. The number of nitrogens with one attached hydrogen (secondary N) is 1. The van der Waals surface area contributed by atoms with E-state index < -0.39 is 5.54 Å². The molecule has 0 aromatic heterocycles. The molecule has 0 unspecified atom stereocenters. The maximum Gasteiger partial charge on any atom is 0.261 e. The highest BCUT2D eigenvalue weighted by atomic mass is 32.1. The van der Waals surface area contributed by atoms with Gasteiger partial charge in [-0.25, -0.2) is 0 Å². The fourth-order valence-electron chi connectivity index (χ4n) is 3.36. The van der Waals surface area contributed by atoms with E-state index in [-0.39, 0.29) is 12.0 Å². The number of unbranched alkanes of at least 4 members (excludes halogenated alkanes) is 2. The molecule has 112 valence electrons. The number of rotatable bonds is 4. The molecule has 2 aliphatic rings. The number of carbonyl (C=O) groups excluding carboxylic acids is 1. The van der Waals surface area contributed by atoms with E-state index in [2.05, 4.69) is 12.2 Å². The van der Waals surface area contributed by atoms with Gasteiger partial charge in [0.2, 0.25) is 0 Å². The molecule has 1 aromatic rings. The molecule has 1 aromatic carbocycles. The average molecular weight is 304 g/mol. The zero-order chi connectivity index (χ0) is 15.0. The normalized spacial score (nSPS) is 27.0. The molecule has 21 heavy (non-hydrogen) atoms. The number of fused-ring (bicyclic) bond motifs is 2. The molecule has 1 fully saturated rings. The lowest BCUT2D eigenvalue weighted by molar-refractivity contribution is -0.125. The van der Waals surface area contributed by atoms with Crippen LogP contribution >= 0.6 is 12.2 Å². The molecule has 1 saturated heterocycles. The Labute approximate surface area is 130 Å². The summed E-state index contributed by atoms with van der Waals surface area (Å²) in [6, 6.07) is 7.86. The van der Waals surface area contributed by atoms with Crippen molar-refractivity contribution in [3.8, 4) is 0 Å². The number of amides is 1. The lowest BCUT2D eigenvalue weighted by Crippen LogP contribution is -2.52. The molecule has 0 radical (unpaired) electrons. The van der Waals surface area contributed by atoms with Gasteiger partial charge in [0, 0.05) is 18.3 Å². The number of hydrogen-bond donors (Lipinski definition) is 1. The first-order valence-corrected chi connectivity index (χ1v) is 7.88. The van der Waals surface area contributed by atoms with Crippen molar-refractivity contribution in [1.82, 2.24) is 5.32 Å². The SMILES string of the molecule is CCCCC[C@@H]1OC(=S)N[C@@]12C(=O)N(C)c1ccccc12. The molecule has 2 atom stereocenters. The van der Waals surface area contributed by atoms with Crippen LogP contribution in [-0.2, 0) is 15.1 Å². The smallest absolute Gasteiger partial charge is 0.261 e. The van der Waals surface area contributed by atoms with E-state index in [1.165, 1.54) is 0 Å². The monoisotopic (exact) mass is 304 g/mol. The van der Waals surface area contributed by atoms with Crippen molar-refractivity contribution in [3.05, 3.63) is 29.8 Å². The van der Waals surface area contributed by atoms with Gasteiger partial charge in [-0.15, -0.1) is 0 Å². The van der Waals surface area contributed by atoms with E-state index >= 15 is 0 Å². The molecule has 0 bridgehead atoms. The summed E-state index contributed by atoms with van der Waals surface area (Å²) in [4.78, 5) is 14.6. The second-order valence-electron chi connectivity index (χ2n) is 5.70. The van der Waals surface area contributed by atoms with Crippen molar-refractivity contribution >= 4 is 29.0 Å². The van der Waals surface area contributed by atoms with Crippen molar-refractivity contribution in [1.29, 1.82) is 0 Å². The summed E-state index contributed by atoms with van der Waals surface area (Å²) in [7, 11) is 1.81. The van der Waals surface area contributed by atoms with Gasteiger partial charge in [0.05, 0.1) is 0 Å². The Morgan fingerprint density at radius 1 is 1.38 bits per heavy atom. The minimum absolute atomic E-state index is 0.0186. The minimum atomic E-state index is -0.837. The van der Waals surface area contributed by atoms with Gasteiger partial charge in [-0.1, -0.05) is 38.0 Å². The number of carbonyl (C=O) groups is 1. The standard InChI is InChI=1S/C16H20N2O2S/c1-3-4-5-10-13-16(17-15(21)20-13)11-8-6-7-9-12(11)18(2)14(16)19/h6-9,13H,3-5,10H2,1-2H3,(H,17,21)/t13-,16+/m0/s1. The summed E-state index contributed by atoms with van der Waals surface area (Å²) in [5.74, 6) is 0.0186. The molecule has 3 rings (SSSR count). The summed E-state index contributed by atoms with van der Waals surface area (Å²) in [6.45, 7) is 2.16. The number of para-hydroxylation sites is 1. The number of anilines is 1. The third-order valence-corrected chi connectivity index (χ3v) is 4.63. The average Bonchev–Trinajstić information content (AvgIpc) is 2.92. The summed E-state index contributed by atoms with van der Waals surface area (Å²) in [6.07, 6.45) is 3.91. The van der Waals surface area contributed by atoms with Crippen LogP contribution in [-0.4, -0.2) is 24.2 Å². The van der Waals surface area contributed by atoms with Crippen LogP contribution in [0.1, 0.15) is 38.2 Å². The number of likely N-dealkylation sites (N-methyl/N-ethyl adjacent to an activating group) is 1. The quantitative estimate of drug-likeness (QED) is 0.686. The molecule has 5 heteroatoms. The molecule has 2 aliphatic heterocycles. The van der Waals surface area contributed by atoms with Crippen molar-refractivity contribution in [2.24, 2.45) is 0 Å². The predicted molar refractivity (Wildman–Crippen MR) is 86.3 cm³/mol. The molecule has 1 spiro atoms. The Kier molecular flexibility index (Phi) is 3.61. The fraction of sp³-hybridized carbons (Fsp3) is 0.500. The lowest BCUT2D eigenvalue weighted by Gasteiger charge is -2.27. The van der Waals surface area contributed by atoms with Gasteiger partial charge in [0.25, 0.3) is 11.1 Å². The van der Waals surface area contributed by atoms with Crippen LogP contribution in [0, 0.1) is 0 Å². The van der Waals surface area contributed by atoms with E-state index in [9.17, 15) is 4.79 Å². The van der Waals surface area contributed by atoms with Crippen LogP contribution < -0.4 is 10.2 Å². The third kappa shape index (κ3) is 2.02. The number of benzene rings is 1. The number of hydrogen-bond acceptors (Lipinski definition) is 3. The van der Waals surface area contributed by atoms with Crippen molar-refractivity contribution in [2.45, 2.75) is 44.2 Å². The van der Waals surface area contributed by atoms with Gasteiger partial charge in [-0.05, 0) is 31.1 Å². The van der Waals surface area contributed by atoms with Crippen molar-refractivity contribution < 1.29 is 9.53 Å². The van der Waals surface area contributed by atoms with E-state index in [0.29, 0.717) is 5.17 Å².